The Morgan fingerprint density at radius 3 is 2.33 bits per heavy atom. The van der Waals surface area contributed by atoms with Crippen LogP contribution in [0, 0.1) is 11.6 Å². The maximum atomic E-state index is 11.8. The Morgan fingerprint density at radius 1 is 1.33 bits per heavy atom. The Hall–Kier alpha value is 0.257. The topological polar surface area (TPSA) is 17.1 Å². The van der Waals surface area contributed by atoms with E-state index >= 15 is 0 Å². The molecule has 0 bridgehead atoms. The van der Waals surface area contributed by atoms with Gasteiger partial charge in [0, 0.05) is 4.90 Å². The number of halogens is 1. The third kappa shape index (κ3) is 4.74. The fourth-order valence-corrected chi connectivity index (χ4v) is 2.56. The molecule has 0 aromatic heterocycles. The second-order valence-electron chi connectivity index (χ2n) is 3.19. The second kappa shape index (κ2) is 7.52. The predicted molar refractivity (Wildman–Crippen MR) is 61.6 cm³/mol. The molecular weight excluding hydrogens is 223 g/mol. The van der Waals surface area contributed by atoms with Gasteiger partial charge in [0.15, 0.2) is 0 Å². The van der Waals surface area contributed by atoms with Crippen molar-refractivity contribution in [2.45, 2.75) is 31.6 Å². The van der Waals surface area contributed by atoms with Crippen molar-refractivity contribution >= 4 is 22.4 Å². The van der Waals surface area contributed by atoms with Crippen LogP contribution in [0.3, 0.4) is 0 Å². The molecule has 0 aliphatic rings. The van der Waals surface area contributed by atoms with E-state index in [0.29, 0.717) is 11.1 Å². The molecule has 1 nitrogen and oxygen atoms in total. The molecule has 0 heterocycles. The van der Waals surface area contributed by atoms with E-state index in [0.717, 1.165) is 16.9 Å². The normalized spacial score (nSPS) is 12.3. The summed E-state index contributed by atoms with van der Waals surface area (Å²) in [6.45, 7) is 4.03. The van der Waals surface area contributed by atoms with Crippen LogP contribution in [0.15, 0.2) is 29.2 Å². The van der Waals surface area contributed by atoms with E-state index in [1.807, 2.05) is 38.1 Å². The molecule has 4 heteroatoms. The molecule has 0 spiro atoms. The van der Waals surface area contributed by atoms with Crippen LogP contribution in [0.5, 0.6) is 0 Å². The zero-order valence-corrected chi connectivity index (χ0v) is 11.0. The third-order valence-corrected chi connectivity index (χ3v) is 3.80. The molecule has 1 atom stereocenters. The molecule has 1 aromatic carbocycles. The van der Waals surface area contributed by atoms with Crippen molar-refractivity contribution < 1.29 is 23.1 Å². The number of hydrogen-bond donors (Lipinski definition) is 0. The molecule has 0 saturated carbocycles. The molecule has 0 aliphatic heterocycles. The average Bonchev–Trinajstić information content (AvgIpc) is 2.18. The fourth-order valence-electron chi connectivity index (χ4n) is 1.08. The quantitative estimate of drug-likeness (QED) is 0.554. The first-order valence-corrected chi connectivity index (χ1v) is 6.17. The summed E-state index contributed by atoms with van der Waals surface area (Å²) in [6.07, 6.45) is 1.64. The van der Waals surface area contributed by atoms with Crippen LogP contribution in [-0.2, 0) is 10.8 Å². The number of rotatable bonds is 4. The van der Waals surface area contributed by atoms with E-state index in [1.54, 1.807) is 0 Å². The molecule has 78 valence electrons. The molecule has 15 heavy (non-hydrogen) atoms. The van der Waals surface area contributed by atoms with Crippen LogP contribution in [0.4, 0.5) is 0 Å². The van der Waals surface area contributed by atoms with Crippen molar-refractivity contribution in [1.82, 2.24) is 0 Å². The second-order valence-corrected chi connectivity index (χ2v) is 5.37. The Labute approximate surface area is 111 Å². The van der Waals surface area contributed by atoms with Gasteiger partial charge in [-0.15, -0.1) is 4.71 Å². The minimum absolute atomic E-state index is 0. The first-order valence-electron chi connectivity index (χ1n) is 4.65. The van der Waals surface area contributed by atoms with Crippen LogP contribution < -0.4 is 18.9 Å². The molecule has 0 fully saturated rings. The smallest absolute Gasteiger partial charge is 0.332 e. The standard InChI is InChI=1S/C11H14ClOS.Li/c1-3-4-11(12)14(13)10-7-5-9(2)6-8-10;/h5-8H,3-4H2,1-2H3;/q-1;+1. The van der Waals surface area contributed by atoms with Gasteiger partial charge in [0.2, 0.25) is 0 Å². The SMILES string of the molecule is CCC[C-](Cl)S(=O)c1ccc(C)cc1.[Li+]. The predicted octanol–water partition coefficient (Wildman–Crippen LogP) is 0.635. The van der Waals surface area contributed by atoms with Gasteiger partial charge in [-0.1, -0.05) is 41.8 Å². The van der Waals surface area contributed by atoms with Gasteiger partial charge in [0.05, 0.1) is 0 Å². The van der Waals surface area contributed by atoms with Gasteiger partial charge in [0.25, 0.3) is 0 Å². The molecule has 0 N–H and O–H groups in total. The minimum atomic E-state index is -1.15. The van der Waals surface area contributed by atoms with Crippen molar-refractivity contribution in [1.29, 1.82) is 0 Å². The van der Waals surface area contributed by atoms with Crippen LogP contribution in [0.1, 0.15) is 25.3 Å². The molecule has 0 aliphatic carbocycles. The first-order chi connectivity index (χ1) is 6.65. The zero-order chi connectivity index (χ0) is 10.6. The summed E-state index contributed by atoms with van der Waals surface area (Å²) in [5, 5.41) is 0. The first kappa shape index (κ1) is 15.3. The van der Waals surface area contributed by atoms with Gasteiger partial charge < -0.3 is 11.6 Å². The minimum Gasteiger partial charge on any atom is -0.332 e. The Morgan fingerprint density at radius 2 is 1.87 bits per heavy atom. The maximum Gasteiger partial charge on any atom is 1.00 e. The van der Waals surface area contributed by atoms with E-state index in [2.05, 4.69) is 0 Å². The summed E-state index contributed by atoms with van der Waals surface area (Å²) in [6, 6.07) is 7.62. The van der Waals surface area contributed by atoms with E-state index < -0.39 is 10.8 Å². The van der Waals surface area contributed by atoms with Gasteiger partial charge in [-0.3, -0.25) is 4.21 Å². The van der Waals surface area contributed by atoms with Gasteiger partial charge in [-0.2, -0.15) is 6.42 Å². The molecule has 1 aromatic rings. The Bertz CT molecular complexity index is 313. The van der Waals surface area contributed by atoms with Crippen molar-refractivity contribution in [3.05, 3.63) is 34.5 Å². The van der Waals surface area contributed by atoms with E-state index in [4.69, 9.17) is 11.6 Å². The largest absolute Gasteiger partial charge is 1.00 e. The van der Waals surface area contributed by atoms with E-state index in [-0.39, 0.29) is 18.9 Å². The van der Waals surface area contributed by atoms with Gasteiger partial charge in [-0.05, 0) is 19.1 Å². The summed E-state index contributed by atoms with van der Waals surface area (Å²) in [5.74, 6) is 0. The number of benzene rings is 1. The van der Waals surface area contributed by atoms with Gasteiger partial charge in [0.1, 0.15) is 0 Å². The molecule has 1 rings (SSSR count). The average molecular weight is 237 g/mol. The van der Waals surface area contributed by atoms with Crippen LogP contribution in [0.25, 0.3) is 0 Å². The number of aryl methyl sites for hydroxylation is 1. The van der Waals surface area contributed by atoms with Gasteiger partial charge in [-0.25, -0.2) is 0 Å². The number of hydrogen-bond acceptors (Lipinski definition) is 1. The molecule has 0 amide bonds. The summed E-state index contributed by atoms with van der Waals surface area (Å²) in [5.41, 5.74) is 1.16. The molecule has 1 unspecified atom stereocenters. The zero-order valence-electron chi connectivity index (χ0n) is 9.42. The third-order valence-electron chi connectivity index (χ3n) is 1.88. The molecule has 0 radical (unpaired) electrons. The summed E-state index contributed by atoms with van der Waals surface area (Å²) >= 11 is 5.92. The summed E-state index contributed by atoms with van der Waals surface area (Å²) < 4.78 is 12.3. The fraction of sp³-hybridized carbons (Fsp3) is 0.364. The van der Waals surface area contributed by atoms with Crippen molar-refractivity contribution in [3.8, 4) is 0 Å². The summed E-state index contributed by atoms with van der Waals surface area (Å²) in [7, 11) is -1.15. The Kier molecular flexibility index (Phi) is 7.65. The van der Waals surface area contributed by atoms with Crippen molar-refractivity contribution in [2.24, 2.45) is 0 Å². The van der Waals surface area contributed by atoms with Gasteiger partial charge >= 0.3 is 18.9 Å². The van der Waals surface area contributed by atoms with E-state index in [9.17, 15) is 4.21 Å². The van der Waals surface area contributed by atoms with Crippen molar-refractivity contribution in [3.63, 3.8) is 0 Å². The van der Waals surface area contributed by atoms with Crippen LogP contribution in [0.2, 0.25) is 0 Å². The maximum absolute atomic E-state index is 11.8. The van der Waals surface area contributed by atoms with Crippen LogP contribution in [-0.4, -0.2) is 4.21 Å². The Balaban J connectivity index is 0.00000196. The van der Waals surface area contributed by atoms with Crippen molar-refractivity contribution in [2.75, 3.05) is 0 Å². The molecule has 0 saturated heterocycles. The molecular formula is C11H14ClLiOS. The van der Waals surface area contributed by atoms with E-state index in [1.165, 1.54) is 0 Å². The van der Waals surface area contributed by atoms with Crippen LogP contribution >= 0.6 is 11.6 Å². The monoisotopic (exact) mass is 236 g/mol. The summed E-state index contributed by atoms with van der Waals surface area (Å²) in [4.78, 5) is 0.786.